The van der Waals surface area contributed by atoms with Gasteiger partial charge in [-0.1, -0.05) is 81.4 Å². The number of carbonyl (C=O) groups excluding carboxylic acids is 1. The molecule has 10 heteroatoms. The van der Waals surface area contributed by atoms with Crippen molar-refractivity contribution < 1.29 is 14.7 Å². The van der Waals surface area contributed by atoms with Gasteiger partial charge >= 0.3 is 6.09 Å². The maximum absolute atomic E-state index is 12.9. The summed E-state index contributed by atoms with van der Waals surface area (Å²) in [7, 11) is 0. The number of halogens is 2. The molecule has 0 aliphatic carbocycles. The zero-order valence-electron chi connectivity index (χ0n) is 22.0. The van der Waals surface area contributed by atoms with E-state index in [0.717, 1.165) is 51.8 Å². The van der Waals surface area contributed by atoms with Gasteiger partial charge in [0.1, 0.15) is 10.9 Å². The lowest BCUT2D eigenvalue weighted by Gasteiger charge is -2.19. The largest absolute Gasteiger partial charge is 0.465 e. The highest BCUT2D eigenvalue weighted by atomic mass is 35.5. The molecule has 1 aromatic carbocycles. The summed E-state index contributed by atoms with van der Waals surface area (Å²) in [6, 6.07) is 9.14. The molecule has 204 valence electrons. The average Bonchev–Trinajstić information content (AvgIpc) is 3.18. The number of imide groups is 1. The number of carboxylic acid groups (broad SMARTS) is 1. The average molecular weight is 578 g/mol. The lowest BCUT2D eigenvalue weighted by atomic mass is 10.1. The second-order valence-corrected chi connectivity index (χ2v) is 11.4. The van der Waals surface area contributed by atoms with E-state index in [4.69, 9.17) is 28.2 Å². The Balaban J connectivity index is 1.99. The summed E-state index contributed by atoms with van der Waals surface area (Å²) in [4.78, 5) is 35.8. The molecule has 0 radical (unpaired) electrons. The summed E-state index contributed by atoms with van der Waals surface area (Å²) >= 11 is 14.0. The number of hydrogen-bond donors (Lipinski definition) is 1. The van der Waals surface area contributed by atoms with Gasteiger partial charge in [0.05, 0.1) is 12.2 Å². The van der Waals surface area contributed by atoms with Gasteiger partial charge in [-0.05, 0) is 48.2 Å². The van der Waals surface area contributed by atoms with Crippen LogP contribution in [0.5, 0.6) is 0 Å². The molecule has 0 fully saturated rings. The smallest absolute Gasteiger partial charge is 0.414 e. The summed E-state index contributed by atoms with van der Waals surface area (Å²) in [6.45, 7) is 6.50. The Hall–Kier alpha value is -2.55. The van der Waals surface area contributed by atoms with Crippen LogP contribution >= 0.6 is 35.0 Å². The number of imidazole rings is 1. The third-order valence-corrected chi connectivity index (χ3v) is 7.57. The normalized spacial score (nSPS) is 11.2. The Morgan fingerprint density at radius 3 is 2.32 bits per heavy atom. The molecule has 3 aromatic rings. The van der Waals surface area contributed by atoms with Crippen LogP contribution in [0.2, 0.25) is 10.0 Å². The van der Waals surface area contributed by atoms with Crippen LogP contribution < -0.4 is 0 Å². The van der Waals surface area contributed by atoms with Crippen molar-refractivity contribution in [2.24, 2.45) is 0 Å². The molecule has 1 N–H and O–H groups in total. The van der Waals surface area contributed by atoms with Crippen molar-refractivity contribution >= 4 is 47.0 Å². The van der Waals surface area contributed by atoms with E-state index in [9.17, 15) is 14.7 Å². The van der Waals surface area contributed by atoms with Gasteiger partial charge in [-0.15, -0.1) is 0 Å². The number of pyridine rings is 1. The number of hydrogen-bond acceptors (Lipinski definition) is 5. The van der Waals surface area contributed by atoms with Gasteiger partial charge in [-0.25, -0.2) is 14.7 Å². The van der Waals surface area contributed by atoms with Crippen LogP contribution in [0.3, 0.4) is 0 Å². The van der Waals surface area contributed by atoms with Crippen LogP contribution in [-0.4, -0.2) is 36.5 Å². The van der Waals surface area contributed by atoms with Gasteiger partial charge in [0.15, 0.2) is 0 Å². The van der Waals surface area contributed by atoms with Crippen LogP contribution in [0.15, 0.2) is 52.6 Å². The molecule has 0 aliphatic heterocycles. The van der Waals surface area contributed by atoms with Gasteiger partial charge in [0.25, 0.3) is 0 Å². The maximum Gasteiger partial charge on any atom is 0.414 e. The van der Waals surface area contributed by atoms with Crippen LogP contribution in [-0.2, 0) is 17.9 Å². The van der Waals surface area contributed by atoms with Gasteiger partial charge in [0.2, 0.25) is 5.91 Å². The van der Waals surface area contributed by atoms with Gasteiger partial charge in [-0.2, -0.15) is 0 Å². The SMILES string of the molecule is CCCCCCCC(=O)N(Cc1nc(C(C)C)c(Sc2cc(Cl)cc(Cl)c2)n1Cc1ccncc1)C(=O)O. The molecule has 0 atom stereocenters. The number of aromatic nitrogens is 3. The van der Waals surface area contributed by atoms with E-state index in [1.54, 1.807) is 18.5 Å². The van der Waals surface area contributed by atoms with Crippen molar-refractivity contribution in [3.63, 3.8) is 0 Å². The van der Waals surface area contributed by atoms with E-state index in [1.807, 2.05) is 42.7 Å². The number of carbonyl (C=O) groups is 2. The first-order valence-electron chi connectivity index (χ1n) is 12.8. The summed E-state index contributed by atoms with van der Waals surface area (Å²) in [5, 5.41) is 11.8. The number of rotatable bonds is 13. The van der Waals surface area contributed by atoms with Crippen molar-refractivity contribution in [2.45, 2.75) is 88.2 Å². The van der Waals surface area contributed by atoms with Gasteiger partial charge < -0.3 is 9.67 Å². The summed E-state index contributed by atoms with van der Waals surface area (Å²) in [5.74, 6) is 0.148. The van der Waals surface area contributed by atoms with Crippen molar-refractivity contribution in [3.05, 3.63) is 69.9 Å². The third-order valence-electron chi connectivity index (χ3n) is 6.04. The molecule has 2 aromatic heterocycles. The third kappa shape index (κ3) is 8.48. The molecular weight excluding hydrogens is 543 g/mol. The van der Waals surface area contributed by atoms with Crippen LogP contribution in [0.4, 0.5) is 4.79 Å². The van der Waals surface area contributed by atoms with Crippen molar-refractivity contribution in [3.8, 4) is 0 Å². The van der Waals surface area contributed by atoms with E-state index in [0.29, 0.717) is 28.8 Å². The van der Waals surface area contributed by atoms with E-state index < -0.39 is 12.0 Å². The minimum atomic E-state index is -1.27. The fourth-order valence-electron chi connectivity index (χ4n) is 4.06. The van der Waals surface area contributed by atoms with E-state index in [2.05, 4.69) is 11.9 Å². The fraction of sp³-hybridized carbons (Fsp3) is 0.429. The van der Waals surface area contributed by atoms with Crippen LogP contribution in [0.1, 0.15) is 82.3 Å². The maximum atomic E-state index is 12.9. The van der Waals surface area contributed by atoms with Crippen molar-refractivity contribution in [2.75, 3.05) is 0 Å². The van der Waals surface area contributed by atoms with Gasteiger partial charge in [0, 0.05) is 40.3 Å². The zero-order valence-corrected chi connectivity index (χ0v) is 24.3. The molecule has 7 nitrogen and oxygen atoms in total. The molecule has 0 saturated heterocycles. The Bertz CT molecular complexity index is 1210. The highest BCUT2D eigenvalue weighted by Crippen LogP contribution is 2.38. The standard InChI is InChI=1S/C28H34Cl2N4O3S/c1-4-5-6-7-8-9-25(35)34(28(36)37)18-24-32-26(19(2)3)27(33(24)17-20-10-12-31-13-11-20)38-23-15-21(29)14-22(30)16-23/h10-16,19H,4-9,17-18H2,1-3H3,(H,36,37). The fourth-order valence-corrected chi connectivity index (χ4v) is 5.97. The highest BCUT2D eigenvalue weighted by Gasteiger charge is 2.27. The molecule has 3 rings (SSSR count). The first kappa shape index (κ1) is 30.0. The minimum Gasteiger partial charge on any atom is -0.465 e. The number of unbranched alkanes of at least 4 members (excludes halogenated alkanes) is 4. The molecule has 2 amide bonds. The Kier molecular flexibility index (Phi) is 11.5. The number of amides is 2. The second kappa shape index (κ2) is 14.6. The lowest BCUT2D eigenvalue weighted by molar-refractivity contribution is -0.129. The lowest BCUT2D eigenvalue weighted by Crippen LogP contribution is -2.36. The minimum absolute atomic E-state index is 0.0529. The predicted octanol–water partition coefficient (Wildman–Crippen LogP) is 8.27. The molecule has 2 heterocycles. The van der Waals surface area contributed by atoms with Crippen LogP contribution in [0.25, 0.3) is 0 Å². The summed E-state index contributed by atoms with van der Waals surface area (Å²) in [5.41, 5.74) is 1.79. The van der Waals surface area contributed by atoms with E-state index in [1.165, 1.54) is 11.8 Å². The van der Waals surface area contributed by atoms with Crippen LogP contribution in [0, 0.1) is 0 Å². The molecule has 0 aliphatic rings. The molecular formula is C28H34Cl2N4O3S. The Labute approximate surface area is 238 Å². The quantitative estimate of drug-likeness (QED) is 0.206. The number of benzene rings is 1. The van der Waals surface area contributed by atoms with Crippen molar-refractivity contribution in [1.29, 1.82) is 0 Å². The second-order valence-electron chi connectivity index (χ2n) is 9.45. The molecule has 0 spiro atoms. The first-order chi connectivity index (χ1) is 18.2. The summed E-state index contributed by atoms with van der Waals surface area (Å²) < 4.78 is 1.98. The Morgan fingerprint density at radius 2 is 1.71 bits per heavy atom. The topological polar surface area (TPSA) is 88.3 Å². The highest BCUT2D eigenvalue weighted by molar-refractivity contribution is 7.99. The monoisotopic (exact) mass is 576 g/mol. The molecule has 0 bridgehead atoms. The first-order valence-corrected chi connectivity index (χ1v) is 14.4. The van der Waals surface area contributed by atoms with E-state index in [-0.39, 0.29) is 18.9 Å². The molecule has 0 unspecified atom stereocenters. The number of nitrogens with zero attached hydrogens (tertiary/aromatic N) is 4. The molecule has 0 saturated carbocycles. The zero-order chi connectivity index (χ0) is 27.7. The predicted molar refractivity (Wildman–Crippen MR) is 152 cm³/mol. The van der Waals surface area contributed by atoms with Crippen molar-refractivity contribution in [1.82, 2.24) is 19.4 Å². The summed E-state index contributed by atoms with van der Waals surface area (Å²) in [6.07, 6.45) is 7.18. The van der Waals surface area contributed by atoms with Gasteiger partial charge in [-0.3, -0.25) is 9.78 Å². The molecule has 38 heavy (non-hydrogen) atoms. The van der Waals surface area contributed by atoms with E-state index >= 15 is 0 Å². The Morgan fingerprint density at radius 1 is 1.05 bits per heavy atom.